The number of carbonyl (C=O) groups is 3. The number of fused-ring (bicyclic) bond motifs is 2. The quantitative estimate of drug-likeness (QED) is 0.772. The first kappa shape index (κ1) is 16.8. The van der Waals surface area contributed by atoms with Crippen molar-refractivity contribution in [1.82, 2.24) is 0 Å². The van der Waals surface area contributed by atoms with Gasteiger partial charge in [-0.15, -0.1) is 0 Å². The molecule has 0 radical (unpaired) electrons. The SMILES string of the molecule is C=CC(=O)N1C(=O)/C(=C2/C(=O)N(C)c3ccc(OC)cc32)c2ccccc21. The molecule has 2 heterocycles. The molecule has 0 spiro atoms. The Morgan fingerprint density at radius 1 is 1.00 bits per heavy atom. The molecule has 3 amide bonds. The van der Waals surface area contributed by atoms with Crippen LogP contribution in [0, 0.1) is 0 Å². The molecular weight excluding hydrogens is 344 g/mol. The molecule has 0 aliphatic carbocycles. The third-order valence-corrected chi connectivity index (χ3v) is 4.83. The largest absolute Gasteiger partial charge is 0.497 e. The fourth-order valence-corrected chi connectivity index (χ4v) is 3.54. The van der Waals surface area contributed by atoms with Gasteiger partial charge in [-0.05, 0) is 30.3 Å². The van der Waals surface area contributed by atoms with E-state index in [1.54, 1.807) is 49.5 Å². The lowest BCUT2D eigenvalue weighted by Crippen LogP contribution is -2.32. The van der Waals surface area contributed by atoms with E-state index in [2.05, 4.69) is 6.58 Å². The highest BCUT2D eigenvalue weighted by atomic mass is 16.5. The van der Waals surface area contributed by atoms with Crippen LogP contribution in [0.4, 0.5) is 11.4 Å². The Kier molecular flexibility index (Phi) is 3.70. The summed E-state index contributed by atoms with van der Waals surface area (Å²) in [6.45, 7) is 3.47. The Labute approximate surface area is 155 Å². The zero-order valence-electron chi connectivity index (χ0n) is 14.9. The van der Waals surface area contributed by atoms with Crippen LogP contribution >= 0.6 is 0 Å². The molecule has 27 heavy (non-hydrogen) atoms. The number of carbonyl (C=O) groups excluding carboxylic acids is 3. The number of anilines is 2. The Morgan fingerprint density at radius 2 is 1.70 bits per heavy atom. The summed E-state index contributed by atoms with van der Waals surface area (Å²) in [5.41, 5.74) is 2.76. The molecule has 0 saturated heterocycles. The highest BCUT2D eigenvalue weighted by Gasteiger charge is 2.42. The predicted octanol–water partition coefficient (Wildman–Crippen LogP) is 2.64. The Hall–Kier alpha value is -3.67. The van der Waals surface area contributed by atoms with Gasteiger partial charge in [-0.3, -0.25) is 14.4 Å². The lowest BCUT2D eigenvalue weighted by atomic mass is 9.96. The van der Waals surface area contributed by atoms with Gasteiger partial charge in [0.05, 0.1) is 29.6 Å². The summed E-state index contributed by atoms with van der Waals surface area (Å²) >= 11 is 0. The molecule has 134 valence electrons. The van der Waals surface area contributed by atoms with E-state index in [9.17, 15) is 14.4 Å². The van der Waals surface area contributed by atoms with Gasteiger partial charge in [0.15, 0.2) is 0 Å². The summed E-state index contributed by atoms with van der Waals surface area (Å²) in [6, 6.07) is 12.2. The number of rotatable bonds is 2. The van der Waals surface area contributed by atoms with Crippen LogP contribution in [0.25, 0.3) is 11.1 Å². The molecule has 0 aromatic heterocycles. The van der Waals surface area contributed by atoms with E-state index < -0.39 is 11.8 Å². The summed E-state index contributed by atoms with van der Waals surface area (Å²) in [5, 5.41) is 0. The molecule has 2 aliphatic heterocycles. The zero-order chi connectivity index (χ0) is 19.3. The minimum absolute atomic E-state index is 0.213. The van der Waals surface area contributed by atoms with Crippen molar-refractivity contribution < 1.29 is 19.1 Å². The second kappa shape index (κ2) is 5.95. The molecule has 0 atom stereocenters. The topological polar surface area (TPSA) is 66.9 Å². The maximum atomic E-state index is 13.2. The second-order valence-corrected chi connectivity index (χ2v) is 6.20. The van der Waals surface area contributed by atoms with Gasteiger partial charge in [0.25, 0.3) is 17.7 Å². The first-order chi connectivity index (χ1) is 13.0. The fourth-order valence-electron chi connectivity index (χ4n) is 3.54. The number of ether oxygens (including phenoxy) is 1. The number of para-hydroxylation sites is 1. The zero-order valence-corrected chi connectivity index (χ0v) is 14.9. The van der Waals surface area contributed by atoms with Crippen molar-refractivity contribution in [3.63, 3.8) is 0 Å². The highest BCUT2D eigenvalue weighted by molar-refractivity contribution is 6.52. The van der Waals surface area contributed by atoms with Crippen molar-refractivity contribution in [2.75, 3.05) is 24.0 Å². The number of amides is 3. The molecule has 2 aromatic rings. The Morgan fingerprint density at radius 3 is 2.41 bits per heavy atom. The average molecular weight is 360 g/mol. The van der Waals surface area contributed by atoms with Crippen LogP contribution < -0.4 is 14.5 Å². The normalized spacial score (nSPS) is 17.9. The number of imide groups is 1. The summed E-state index contributed by atoms with van der Waals surface area (Å²) < 4.78 is 5.28. The predicted molar refractivity (Wildman–Crippen MR) is 102 cm³/mol. The molecule has 2 aromatic carbocycles. The molecule has 6 heteroatoms. The Bertz CT molecular complexity index is 1070. The van der Waals surface area contributed by atoms with E-state index in [1.807, 2.05) is 0 Å². The standard InChI is InChI=1S/C21H16N2O4/c1-4-17(24)23-16-8-6-5-7-13(16)18(21(23)26)19-14-11-12(27-3)9-10-15(14)22(2)20(19)25/h4-11H,1H2,2-3H3/b19-18+. The van der Waals surface area contributed by atoms with E-state index in [0.29, 0.717) is 28.3 Å². The van der Waals surface area contributed by atoms with Gasteiger partial charge in [-0.2, -0.15) is 0 Å². The van der Waals surface area contributed by atoms with Crippen LogP contribution in [-0.4, -0.2) is 31.9 Å². The fraction of sp³-hybridized carbons (Fsp3) is 0.0952. The number of nitrogens with zero attached hydrogens (tertiary/aromatic N) is 2. The smallest absolute Gasteiger partial charge is 0.266 e. The number of benzene rings is 2. The first-order valence-electron chi connectivity index (χ1n) is 8.30. The maximum Gasteiger partial charge on any atom is 0.266 e. The molecule has 0 fully saturated rings. The average Bonchev–Trinajstić information content (AvgIpc) is 3.11. The van der Waals surface area contributed by atoms with E-state index in [0.717, 1.165) is 11.0 Å². The van der Waals surface area contributed by atoms with Crippen molar-refractivity contribution in [2.24, 2.45) is 0 Å². The van der Waals surface area contributed by atoms with E-state index in [-0.39, 0.29) is 17.1 Å². The molecule has 0 N–H and O–H groups in total. The van der Waals surface area contributed by atoms with E-state index in [4.69, 9.17) is 4.74 Å². The van der Waals surface area contributed by atoms with Crippen LogP contribution in [0.1, 0.15) is 11.1 Å². The van der Waals surface area contributed by atoms with Gasteiger partial charge in [0.1, 0.15) is 5.75 Å². The monoisotopic (exact) mass is 360 g/mol. The summed E-state index contributed by atoms with van der Waals surface area (Å²) in [6.07, 6.45) is 1.09. The molecule has 4 rings (SSSR count). The van der Waals surface area contributed by atoms with Crippen molar-refractivity contribution >= 4 is 40.2 Å². The number of likely N-dealkylation sites (N-methyl/N-ethyl adjacent to an activating group) is 1. The minimum atomic E-state index is -0.535. The van der Waals surface area contributed by atoms with Crippen LogP contribution in [0.2, 0.25) is 0 Å². The van der Waals surface area contributed by atoms with Crippen molar-refractivity contribution in [1.29, 1.82) is 0 Å². The van der Waals surface area contributed by atoms with Gasteiger partial charge >= 0.3 is 0 Å². The lowest BCUT2D eigenvalue weighted by molar-refractivity contribution is -0.121. The number of hydrogen-bond acceptors (Lipinski definition) is 4. The van der Waals surface area contributed by atoms with Gasteiger partial charge in [-0.25, -0.2) is 4.90 Å². The summed E-state index contributed by atoms with van der Waals surface area (Å²) in [4.78, 5) is 41.0. The van der Waals surface area contributed by atoms with Crippen LogP contribution in [0.15, 0.2) is 55.1 Å². The van der Waals surface area contributed by atoms with Crippen molar-refractivity contribution in [3.8, 4) is 5.75 Å². The van der Waals surface area contributed by atoms with Gasteiger partial charge in [-0.1, -0.05) is 24.8 Å². The number of hydrogen-bond donors (Lipinski definition) is 0. The van der Waals surface area contributed by atoms with Crippen LogP contribution in [0.3, 0.4) is 0 Å². The highest BCUT2D eigenvalue weighted by Crippen LogP contribution is 2.46. The van der Waals surface area contributed by atoms with E-state index >= 15 is 0 Å². The number of methoxy groups -OCH3 is 1. The van der Waals surface area contributed by atoms with Crippen LogP contribution in [0.5, 0.6) is 5.75 Å². The Balaban J connectivity index is 2.04. The third-order valence-electron chi connectivity index (χ3n) is 4.83. The van der Waals surface area contributed by atoms with Gasteiger partial charge in [0, 0.05) is 18.2 Å². The molecule has 0 saturated carbocycles. The van der Waals surface area contributed by atoms with E-state index in [1.165, 1.54) is 12.0 Å². The third kappa shape index (κ3) is 2.23. The van der Waals surface area contributed by atoms with Gasteiger partial charge in [0.2, 0.25) is 0 Å². The van der Waals surface area contributed by atoms with Crippen LogP contribution in [-0.2, 0) is 14.4 Å². The minimum Gasteiger partial charge on any atom is -0.497 e. The molecule has 0 bridgehead atoms. The molecule has 6 nitrogen and oxygen atoms in total. The molecular formula is C21H16N2O4. The van der Waals surface area contributed by atoms with Crippen molar-refractivity contribution in [3.05, 3.63) is 66.2 Å². The van der Waals surface area contributed by atoms with Gasteiger partial charge < -0.3 is 9.64 Å². The second-order valence-electron chi connectivity index (χ2n) is 6.20. The summed E-state index contributed by atoms with van der Waals surface area (Å²) in [7, 11) is 3.19. The summed E-state index contributed by atoms with van der Waals surface area (Å²) in [5.74, 6) is -0.793. The van der Waals surface area contributed by atoms with Crippen molar-refractivity contribution in [2.45, 2.75) is 0 Å². The lowest BCUT2D eigenvalue weighted by Gasteiger charge is -2.12. The maximum absolute atomic E-state index is 13.2. The molecule has 2 aliphatic rings. The first-order valence-corrected chi connectivity index (χ1v) is 8.30. The molecule has 0 unspecified atom stereocenters.